The van der Waals surface area contributed by atoms with E-state index in [0.29, 0.717) is 40.7 Å². The fourth-order valence-corrected chi connectivity index (χ4v) is 5.80. The Balaban J connectivity index is 1.28. The fraction of sp³-hybridized carbons (Fsp3) is 0.545. The number of nitrogens with one attached hydrogen (secondary N) is 3. The molecule has 2 aromatic rings. The smallest absolute Gasteiger partial charge is 0.315 e. The van der Waals surface area contributed by atoms with E-state index < -0.39 is 0 Å². The first kappa shape index (κ1) is 21.7. The van der Waals surface area contributed by atoms with Gasteiger partial charge in [0.2, 0.25) is 5.91 Å². The van der Waals surface area contributed by atoms with Gasteiger partial charge in [-0.3, -0.25) is 14.2 Å². The lowest BCUT2D eigenvalue weighted by atomic mass is 10.0. The summed E-state index contributed by atoms with van der Waals surface area (Å²) in [7, 11) is 0. The molecule has 31 heavy (non-hydrogen) atoms. The summed E-state index contributed by atoms with van der Waals surface area (Å²) in [6.07, 6.45) is 4.72. The average molecular weight is 444 g/mol. The van der Waals surface area contributed by atoms with E-state index in [1.165, 1.54) is 0 Å². The molecule has 3 unspecified atom stereocenters. The normalized spacial score (nSPS) is 22.4. The summed E-state index contributed by atoms with van der Waals surface area (Å²) >= 11 is 1.89. The third-order valence-corrected chi connectivity index (χ3v) is 7.26. The molecule has 1 aromatic heterocycles. The number of unbranched alkanes of at least 4 members (excludes halogenated alkanes) is 1. The van der Waals surface area contributed by atoms with Gasteiger partial charge in [0.05, 0.1) is 29.3 Å². The Morgan fingerprint density at radius 3 is 2.94 bits per heavy atom. The number of hydrogen-bond acceptors (Lipinski definition) is 5. The van der Waals surface area contributed by atoms with Crippen molar-refractivity contribution in [2.45, 2.75) is 63.4 Å². The van der Waals surface area contributed by atoms with Crippen LogP contribution in [0, 0.1) is 5.92 Å². The van der Waals surface area contributed by atoms with Crippen molar-refractivity contribution in [2.24, 2.45) is 5.92 Å². The molecular formula is C22H29N5O3S. The van der Waals surface area contributed by atoms with E-state index in [1.807, 2.05) is 11.8 Å². The Kier molecular flexibility index (Phi) is 6.50. The van der Waals surface area contributed by atoms with Gasteiger partial charge in [-0.2, -0.15) is 11.8 Å². The van der Waals surface area contributed by atoms with Gasteiger partial charge < -0.3 is 16.0 Å². The minimum absolute atomic E-state index is 0.0569. The number of rotatable bonds is 8. The topological polar surface area (TPSA) is 105 Å². The number of nitrogens with zero attached hydrogens (tertiary/aromatic N) is 2. The molecular weight excluding hydrogens is 414 g/mol. The van der Waals surface area contributed by atoms with Crippen molar-refractivity contribution in [3.63, 3.8) is 0 Å². The van der Waals surface area contributed by atoms with Crippen LogP contribution in [0.3, 0.4) is 0 Å². The van der Waals surface area contributed by atoms with E-state index in [1.54, 1.807) is 29.1 Å². The molecule has 3 N–H and O–H groups in total. The highest BCUT2D eigenvalue weighted by Gasteiger charge is 2.42. The highest BCUT2D eigenvalue weighted by atomic mass is 32.2. The molecule has 0 spiro atoms. The van der Waals surface area contributed by atoms with Crippen LogP contribution in [-0.2, 0) is 11.3 Å². The van der Waals surface area contributed by atoms with E-state index in [-0.39, 0.29) is 29.6 Å². The lowest BCUT2D eigenvalue weighted by Gasteiger charge is -2.16. The summed E-state index contributed by atoms with van der Waals surface area (Å²) in [6, 6.07) is 5.63. The summed E-state index contributed by atoms with van der Waals surface area (Å²) in [6.45, 7) is 4.72. The zero-order valence-corrected chi connectivity index (χ0v) is 18.7. The Morgan fingerprint density at radius 1 is 1.29 bits per heavy atom. The van der Waals surface area contributed by atoms with Gasteiger partial charge in [0.15, 0.2) is 0 Å². The van der Waals surface area contributed by atoms with Crippen LogP contribution in [0.1, 0.15) is 39.5 Å². The number of carbonyl (C=O) groups is 2. The van der Waals surface area contributed by atoms with Gasteiger partial charge >= 0.3 is 6.03 Å². The van der Waals surface area contributed by atoms with E-state index in [9.17, 15) is 14.4 Å². The minimum atomic E-state index is -0.0874. The lowest BCUT2D eigenvalue weighted by Crippen LogP contribution is -2.36. The number of hydrogen-bond donors (Lipinski definition) is 3. The maximum Gasteiger partial charge on any atom is 0.315 e. The molecule has 0 radical (unpaired) electrons. The van der Waals surface area contributed by atoms with Crippen LogP contribution in [0.4, 0.5) is 10.5 Å². The Bertz CT molecular complexity index is 1040. The van der Waals surface area contributed by atoms with E-state index in [0.717, 1.165) is 25.0 Å². The number of urea groups is 1. The van der Waals surface area contributed by atoms with Gasteiger partial charge in [0.1, 0.15) is 0 Å². The van der Waals surface area contributed by atoms with Crippen LogP contribution in [-0.4, -0.2) is 44.6 Å². The van der Waals surface area contributed by atoms with Crippen molar-refractivity contribution >= 4 is 40.3 Å². The molecule has 0 aliphatic carbocycles. The molecule has 0 bridgehead atoms. The van der Waals surface area contributed by atoms with Crippen LogP contribution < -0.4 is 21.5 Å². The molecule has 2 fully saturated rings. The SMILES string of the molecule is CC(C)Cn1cnc2ccc(NC(=O)CCCCC3SCC4NC(=O)NC43)cc2c1=O. The first-order valence-electron chi connectivity index (χ1n) is 10.9. The highest BCUT2D eigenvalue weighted by Crippen LogP contribution is 2.33. The number of carbonyl (C=O) groups excluding carboxylic acids is 2. The zero-order valence-electron chi connectivity index (χ0n) is 17.9. The maximum atomic E-state index is 12.7. The van der Waals surface area contributed by atoms with Crippen LogP contribution in [0.5, 0.6) is 0 Å². The number of aromatic nitrogens is 2. The quantitative estimate of drug-likeness (QED) is 0.430. The molecule has 0 saturated carbocycles. The molecule has 3 amide bonds. The van der Waals surface area contributed by atoms with Gasteiger partial charge in [-0.15, -0.1) is 0 Å². The highest BCUT2D eigenvalue weighted by molar-refractivity contribution is 8.00. The summed E-state index contributed by atoms with van der Waals surface area (Å²) in [5.41, 5.74) is 1.16. The molecule has 2 aliphatic heterocycles. The average Bonchev–Trinajstić information content (AvgIpc) is 3.27. The van der Waals surface area contributed by atoms with Crippen molar-refractivity contribution in [3.8, 4) is 0 Å². The van der Waals surface area contributed by atoms with Crippen molar-refractivity contribution in [3.05, 3.63) is 34.9 Å². The first-order chi connectivity index (χ1) is 14.9. The van der Waals surface area contributed by atoms with Gasteiger partial charge in [0, 0.05) is 29.7 Å². The van der Waals surface area contributed by atoms with Gasteiger partial charge in [-0.05, 0) is 37.0 Å². The Labute approximate surface area is 185 Å². The second-order valence-corrected chi connectivity index (χ2v) is 10.0. The molecule has 4 rings (SSSR count). The summed E-state index contributed by atoms with van der Waals surface area (Å²) in [4.78, 5) is 40.9. The van der Waals surface area contributed by atoms with Crippen LogP contribution in [0.2, 0.25) is 0 Å². The molecule has 3 heterocycles. The molecule has 9 heteroatoms. The largest absolute Gasteiger partial charge is 0.332 e. The van der Waals surface area contributed by atoms with Gasteiger partial charge in [-0.25, -0.2) is 9.78 Å². The third kappa shape index (κ3) is 5.03. The monoisotopic (exact) mass is 443 g/mol. The maximum absolute atomic E-state index is 12.7. The molecule has 1 aromatic carbocycles. The molecule has 2 aliphatic rings. The molecule has 2 saturated heterocycles. The standard InChI is InChI=1S/C22H29N5O3S/c1-13(2)10-27-12-23-16-8-7-14(9-15(16)21(27)29)24-19(28)6-4-3-5-18-20-17(11-31-18)25-22(30)26-20/h7-9,12-13,17-18,20H,3-6,10-11H2,1-2H3,(H,24,28)(H2,25,26,30). The summed E-state index contributed by atoms with van der Waals surface area (Å²) in [5, 5.41) is 9.78. The van der Waals surface area contributed by atoms with Crippen molar-refractivity contribution < 1.29 is 9.59 Å². The second kappa shape index (κ2) is 9.30. The number of thioether (sulfide) groups is 1. The summed E-state index contributed by atoms with van der Waals surface area (Å²) in [5.74, 6) is 1.23. The van der Waals surface area contributed by atoms with Crippen molar-refractivity contribution in [2.75, 3.05) is 11.1 Å². The third-order valence-electron chi connectivity index (χ3n) is 5.75. The summed E-state index contributed by atoms with van der Waals surface area (Å²) < 4.78 is 1.62. The van der Waals surface area contributed by atoms with Crippen LogP contribution >= 0.6 is 11.8 Å². The minimum Gasteiger partial charge on any atom is -0.332 e. The van der Waals surface area contributed by atoms with Crippen molar-refractivity contribution in [1.82, 2.24) is 20.2 Å². The van der Waals surface area contributed by atoms with E-state index in [4.69, 9.17) is 0 Å². The Hall–Kier alpha value is -2.55. The predicted molar refractivity (Wildman–Crippen MR) is 123 cm³/mol. The van der Waals surface area contributed by atoms with Gasteiger partial charge in [-0.1, -0.05) is 20.3 Å². The lowest BCUT2D eigenvalue weighted by molar-refractivity contribution is -0.116. The number of benzene rings is 1. The number of fused-ring (bicyclic) bond motifs is 2. The van der Waals surface area contributed by atoms with Crippen LogP contribution in [0.25, 0.3) is 10.9 Å². The van der Waals surface area contributed by atoms with Crippen molar-refractivity contribution in [1.29, 1.82) is 0 Å². The molecule has 3 atom stereocenters. The fourth-order valence-electron chi connectivity index (χ4n) is 4.26. The first-order valence-corrected chi connectivity index (χ1v) is 11.9. The van der Waals surface area contributed by atoms with E-state index in [2.05, 4.69) is 34.8 Å². The predicted octanol–water partition coefficient (Wildman–Crippen LogP) is 2.72. The van der Waals surface area contributed by atoms with Gasteiger partial charge in [0.25, 0.3) is 5.56 Å². The molecule has 8 nitrogen and oxygen atoms in total. The van der Waals surface area contributed by atoms with E-state index >= 15 is 0 Å². The van der Waals surface area contributed by atoms with Crippen LogP contribution in [0.15, 0.2) is 29.3 Å². The number of anilines is 1. The molecule has 166 valence electrons. The Morgan fingerprint density at radius 2 is 2.13 bits per heavy atom. The zero-order chi connectivity index (χ0) is 22.0. The number of amides is 3. The second-order valence-electron chi connectivity index (χ2n) is 8.74.